The second-order valence-electron chi connectivity index (χ2n) is 3.32. The molecule has 16 heavy (non-hydrogen) atoms. The van der Waals surface area contributed by atoms with Gasteiger partial charge in [0, 0.05) is 4.70 Å². The van der Waals surface area contributed by atoms with Crippen LogP contribution in [0.2, 0.25) is 0 Å². The fourth-order valence-corrected chi connectivity index (χ4v) is 2.29. The topological polar surface area (TPSA) is 0 Å². The van der Waals surface area contributed by atoms with E-state index >= 15 is 0 Å². The van der Waals surface area contributed by atoms with Gasteiger partial charge in [0.2, 0.25) is 0 Å². The second kappa shape index (κ2) is 3.73. The third-order valence-electron chi connectivity index (χ3n) is 2.15. The van der Waals surface area contributed by atoms with Crippen LogP contribution >= 0.6 is 11.3 Å². The van der Waals surface area contributed by atoms with Crippen LogP contribution in [0.3, 0.4) is 0 Å². The van der Waals surface area contributed by atoms with Crippen molar-refractivity contribution in [3.05, 3.63) is 29.1 Å². The lowest BCUT2D eigenvalue weighted by Crippen LogP contribution is -2.33. The predicted octanol–water partition coefficient (Wildman–Crippen LogP) is 3.89. The third-order valence-corrected chi connectivity index (χ3v) is 3.28. The number of rotatable bonds is 2. The van der Waals surface area contributed by atoms with Gasteiger partial charge in [-0.15, -0.1) is 16.8 Å². The molecule has 1 aromatic heterocycles. The minimum Gasteiger partial charge on any atom is -0.445 e. The van der Waals surface area contributed by atoms with Gasteiger partial charge in [-0.2, -0.15) is 0 Å². The molecule has 0 saturated heterocycles. The quantitative estimate of drug-likeness (QED) is 0.561. The summed E-state index contributed by atoms with van der Waals surface area (Å²) in [7, 11) is 0. The fourth-order valence-electron chi connectivity index (χ4n) is 1.39. The lowest BCUT2D eigenvalue weighted by Gasteiger charge is -2.14. The Morgan fingerprint density at radius 3 is 2.31 bits per heavy atom. The Kier molecular flexibility index (Phi) is 2.65. The molecule has 86 valence electrons. The van der Waals surface area contributed by atoms with Crippen molar-refractivity contribution in [1.29, 1.82) is 0 Å². The molecule has 0 saturated carbocycles. The van der Waals surface area contributed by atoms with Crippen molar-refractivity contribution < 1.29 is 21.7 Å². The SMILES string of the molecule is FC(F)c1cc2cc([B-](F)(F)F)ccc2s1. The largest absolute Gasteiger partial charge is 0.509 e. The zero-order valence-corrected chi connectivity index (χ0v) is 8.58. The van der Waals surface area contributed by atoms with E-state index in [9.17, 15) is 21.7 Å². The van der Waals surface area contributed by atoms with Gasteiger partial charge in [-0.25, -0.2) is 8.78 Å². The van der Waals surface area contributed by atoms with E-state index in [2.05, 4.69) is 0 Å². The summed E-state index contributed by atoms with van der Waals surface area (Å²) < 4.78 is 62.3. The minimum absolute atomic E-state index is 0.207. The van der Waals surface area contributed by atoms with Crippen LogP contribution in [0.4, 0.5) is 21.7 Å². The lowest BCUT2D eigenvalue weighted by atomic mass is 9.80. The molecule has 0 aliphatic heterocycles. The molecule has 0 amide bonds. The highest BCUT2D eigenvalue weighted by atomic mass is 32.1. The predicted molar refractivity (Wildman–Crippen MR) is 55.5 cm³/mol. The number of halogens is 5. The summed E-state index contributed by atoms with van der Waals surface area (Å²) in [4.78, 5) is -0.207. The molecule has 0 nitrogen and oxygen atoms in total. The van der Waals surface area contributed by atoms with E-state index in [4.69, 9.17) is 0 Å². The van der Waals surface area contributed by atoms with Crippen LogP contribution < -0.4 is 5.46 Å². The number of hydrogen-bond donors (Lipinski definition) is 0. The molecule has 0 fully saturated rings. The Balaban J connectivity index is 2.54. The zero-order valence-electron chi connectivity index (χ0n) is 7.76. The number of hydrogen-bond acceptors (Lipinski definition) is 1. The lowest BCUT2D eigenvalue weighted by molar-refractivity contribution is 0.156. The second-order valence-corrected chi connectivity index (χ2v) is 4.44. The molecule has 7 heteroatoms. The van der Waals surface area contributed by atoms with Crippen molar-refractivity contribution in [3.63, 3.8) is 0 Å². The Bertz CT molecular complexity index is 516. The Morgan fingerprint density at radius 1 is 1.06 bits per heavy atom. The van der Waals surface area contributed by atoms with Crippen molar-refractivity contribution in [2.24, 2.45) is 0 Å². The molecule has 0 radical (unpaired) electrons. The highest BCUT2D eigenvalue weighted by Gasteiger charge is 2.25. The summed E-state index contributed by atoms with van der Waals surface area (Å²) in [5, 5.41) is 0.219. The molecule has 0 unspecified atom stereocenters. The van der Waals surface area contributed by atoms with Gasteiger partial charge in [-0.05, 0) is 17.5 Å². The van der Waals surface area contributed by atoms with Crippen LogP contribution in [-0.4, -0.2) is 6.98 Å². The maximum atomic E-state index is 12.4. The van der Waals surface area contributed by atoms with Crippen LogP contribution in [0.1, 0.15) is 11.3 Å². The van der Waals surface area contributed by atoms with Gasteiger partial charge in [0.15, 0.2) is 0 Å². The summed E-state index contributed by atoms with van der Waals surface area (Å²) in [6, 6.07) is 4.18. The van der Waals surface area contributed by atoms with Gasteiger partial charge in [-0.1, -0.05) is 12.1 Å². The monoisotopic (exact) mass is 251 g/mol. The van der Waals surface area contributed by atoms with E-state index < -0.39 is 18.9 Å². The number of benzene rings is 1. The molecule has 0 bridgehead atoms. The molecule has 0 N–H and O–H groups in total. The van der Waals surface area contributed by atoms with Crippen LogP contribution in [0.15, 0.2) is 24.3 Å². The molecular formula is C9H5BF5S-. The molecule has 1 aromatic carbocycles. The molecule has 2 aromatic rings. The Labute approximate surface area is 91.8 Å². The molecular weight excluding hydrogens is 246 g/mol. The minimum atomic E-state index is -5.08. The van der Waals surface area contributed by atoms with Crippen LogP contribution in [0.5, 0.6) is 0 Å². The van der Waals surface area contributed by atoms with Crippen molar-refractivity contribution in [2.45, 2.75) is 6.43 Å². The maximum absolute atomic E-state index is 12.4. The standard InChI is InChI=1S/C9H5BF5S/c11-9(12)8-4-5-3-6(10(13,14)15)1-2-7(5)16-8/h1-4,9H/q-1. The van der Waals surface area contributed by atoms with Gasteiger partial charge >= 0.3 is 6.98 Å². The van der Waals surface area contributed by atoms with E-state index in [-0.39, 0.29) is 10.3 Å². The Hall–Kier alpha value is -1.11. The van der Waals surface area contributed by atoms with E-state index in [1.807, 2.05) is 0 Å². The third kappa shape index (κ3) is 2.04. The van der Waals surface area contributed by atoms with Gasteiger partial charge in [0.25, 0.3) is 6.43 Å². The van der Waals surface area contributed by atoms with E-state index in [0.717, 1.165) is 29.5 Å². The summed E-state index contributed by atoms with van der Waals surface area (Å²) >= 11 is 0.814. The van der Waals surface area contributed by atoms with Gasteiger partial charge < -0.3 is 12.9 Å². The van der Waals surface area contributed by atoms with Crippen molar-refractivity contribution >= 4 is 33.9 Å². The maximum Gasteiger partial charge on any atom is 0.509 e. The molecule has 2 rings (SSSR count). The highest BCUT2D eigenvalue weighted by molar-refractivity contribution is 7.19. The fraction of sp³-hybridized carbons (Fsp3) is 0.111. The molecule has 1 heterocycles. The summed E-state index contributed by atoms with van der Waals surface area (Å²) in [6.45, 7) is -5.08. The van der Waals surface area contributed by atoms with Crippen LogP contribution in [0.25, 0.3) is 10.1 Å². The van der Waals surface area contributed by atoms with Crippen molar-refractivity contribution in [2.75, 3.05) is 0 Å². The summed E-state index contributed by atoms with van der Waals surface area (Å²) in [6.07, 6.45) is -2.64. The first-order chi connectivity index (χ1) is 7.38. The first-order valence-corrected chi connectivity index (χ1v) is 5.21. The molecule has 0 aliphatic rings. The zero-order chi connectivity index (χ0) is 11.9. The van der Waals surface area contributed by atoms with Crippen LogP contribution in [-0.2, 0) is 0 Å². The average Bonchev–Trinajstić information content (AvgIpc) is 2.58. The normalized spacial score (nSPS) is 12.6. The summed E-state index contributed by atoms with van der Waals surface area (Å²) in [5.74, 6) is 0. The smallest absolute Gasteiger partial charge is 0.445 e. The number of alkyl halides is 2. The highest BCUT2D eigenvalue weighted by Crippen LogP contribution is 2.32. The van der Waals surface area contributed by atoms with Gasteiger partial charge in [0.1, 0.15) is 0 Å². The van der Waals surface area contributed by atoms with E-state index in [1.54, 1.807) is 0 Å². The molecule has 0 atom stereocenters. The number of fused-ring (bicyclic) bond motifs is 1. The van der Waals surface area contributed by atoms with Crippen molar-refractivity contribution in [3.8, 4) is 0 Å². The average molecular weight is 251 g/mol. The first-order valence-electron chi connectivity index (χ1n) is 4.39. The first kappa shape index (κ1) is 11.4. The van der Waals surface area contributed by atoms with Crippen LogP contribution in [0, 0.1) is 0 Å². The summed E-state index contributed by atoms with van der Waals surface area (Å²) in [5.41, 5.74) is -0.758. The molecule has 0 spiro atoms. The van der Waals surface area contributed by atoms with Crippen molar-refractivity contribution in [1.82, 2.24) is 0 Å². The van der Waals surface area contributed by atoms with Gasteiger partial charge in [0.05, 0.1) is 4.88 Å². The Morgan fingerprint density at radius 2 is 1.75 bits per heavy atom. The van der Waals surface area contributed by atoms with Gasteiger partial charge in [-0.3, -0.25) is 0 Å². The van der Waals surface area contributed by atoms with E-state index in [0.29, 0.717) is 4.70 Å². The molecule has 0 aliphatic carbocycles. The number of thiophene rings is 1. The van der Waals surface area contributed by atoms with E-state index in [1.165, 1.54) is 6.07 Å².